The summed E-state index contributed by atoms with van der Waals surface area (Å²) in [5.74, 6) is 0.193. The van der Waals surface area contributed by atoms with Crippen molar-refractivity contribution in [3.63, 3.8) is 0 Å². The van der Waals surface area contributed by atoms with Crippen molar-refractivity contribution >= 4 is 11.6 Å². The topological polar surface area (TPSA) is 41.6 Å². The van der Waals surface area contributed by atoms with E-state index in [1.165, 1.54) is 5.56 Å². The molecule has 102 valence electrons. The normalized spacial score (nSPS) is 29.8. The van der Waals surface area contributed by atoms with Crippen molar-refractivity contribution in [1.29, 1.82) is 0 Å². The predicted molar refractivity (Wildman–Crippen MR) is 74.1 cm³/mol. The van der Waals surface area contributed by atoms with E-state index in [-0.39, 0.29) is 24.2 Å². The molecule has 3 atom stereocenters. The lowest BCUT2D eigenvalue weighted by molar-refractivity contribution is -0.143. The number of carbonyl (C=O) groups excluding carboxylic acids is 1. The Hall–Kier alpha value is -1.55. The van der Waals surface area contributed by atoms with Crippen LogP contribution in [0.1, 0.15) is 19.4 Å². The zero-order chi connectivity index (χ0) is 13.4. The number of carbonyl (C=O) groups is 1. The molecule has 19 heavy (non-hydrogen) atoms. The maximum absolute atomic E-state index is 12.6. The number of nitrogens with zero attached hydrogens (tertiary/aromatic N) is 1. The van der Waals surface area contributed by atoms with Crippen LogP contribution >= 0.6 is 0 Å². The lowest BCUT2D eigenvalue weighted by Gasteiger charge is -2.36. The predicted octanol–water partition coefficient (Wildman–Crippen LogP) is 1.66. The molecule has 2 heterocycles. The van der Waals surface area contributed by atoms with Crippen molar-refractivity contribution in [2.75, 3.05) is 18.4 Å². The van der Waals surface area contributed by atoms with E-state index in [0.29, 0.717) is 13.1 Å². The molecule has 1 aromatic carbocycles. The number of hydrogen-bond acceptors (Lipinski definition) is 3. The van der Waals surface area contributed by atoms with Crippen LogP contribution < -0.4 is 5.32 Å². The van der Waals surface area contributed by atoms with Crippen LogP contribution in [0.3, 0.4) is 0 Å². The van der Waals surface area contributed by atoms with Gasteiger partial charge in [-0.15, -0.1) is 0 Å². The number of amides is 1. The Kier molecular flexibility index (Phi) is 3.19. The molecule has 4 heteroatoms. The fourth-order valence-corrected chi connectivity index (χ4v) is 3.03. The first-order valence-corrected chi connectivity index (χ1v) is 6.92. The first-order chi connectivity index (χ1) is 9.13. The average Bonchev–Trinajstić information content (AvgIpc) is 2.80. The third kappa shape index (κ3) is 2.45. The van der Waals surface area contributed by atoms with Crippen LogP contribution in [0.25, 0.3) is 0 Å². The summed E-state index contributed by atoms with van der Waals surface area (Å²) in [5, 5.41) is 3.33. The molecular formula is C15H20N2O2. The highest BCUT2D eigenvalue weighted by atomic mass is 16.5. The minimum absolute atomic E-state index is 0.116. The largest absolute Gasteiger partial charge is 0.373 e. The molecule has 0 aliphatic carbocycles. The fourth-order valence-electron chi connectivity index (χ4n) is 3.03. The van der Waals surface area contributed by atoms with Gasteiger partial charge in [0.1, 0.15) is 6.04 Å². The number of ether oxygens (including phenoxy) is 1. The summed E-state index contributed by atoms with van der Waals surface area (Å²) in [6, 6.07) is 8.02. The van der Waals surface area contributed by atoms with Gasteiger partial charge >= 0.3 is 0 Å². The van der Waals surface area contributed by atoms with Crippen LogP contribution in [-0.4, -0.2) is 42.1 Å². The zero-order valence-electron chi connectivity index (χ0n) is 11.4. The Bertz CT molecular complexity index is 454. The Balaban J connectivity index is 1.69. The van der Waals surface area contributed by atoms with Gasteiger partial charge in [0.15, 0.2) is 0 Å². The summed E-state index contributed by atoms with van der Waals surface area (Å²) < 4.78 is 5.68. The minimum Gasteiger partial charge on any atom is -0.373 e. The number of anilines is 1. The second-order valence-corrected chi connectivity index (χ2v) is 5.56. The fraction of sp³-hybridized carbons (Fsp3) is 0.533. The number of rotatable bonds is 1. The molecule has 4 nitrogen and oxygen atoms in total. The van der Waals surface area contributed by atoms with E-state index in [1.54, 1.807) is 0 Å². The molecule has 1 N–H and O–H groups in total. The smallest absolute Gasteiger partial charge is 0.245 e. The third-order valence-corrected chi connectivity index (χ3v) is 3.80. The van der Waals surface area contributed by atoms with Gasteiger partial charge < -0.3 is 15.0 Å². The number of fused-ring (bicyclic) bond motifs is 1. The molecule has 2 aliphatic heterocycles. The van der Waals surface area contributed by atoms with Crippen LogP contribution in [0.2, 0.25) is 0 Å². The van der Waals surface area contributed by atoms with Crippen molar-refractivity contribution < 1.29 is 9.53 Å². The zero-order valence-corrected chi connectivity index (χ0v) is 11.4. The van der Waals surface area contributed by atoms with E-state index in [2.05, 4.69) is 11.4 Å². The van der Waals surface area contributed by atoms with Gasteiger partial charge in [-0.1, -0.05) is 18.2 Å². The number of hydrogen-bond donors (Lipinski definition) is 1. The first-order valence-electron chi connectivity index (χ1n) is 6.92. The maximum Gasteiger partial charge on any atom is 0.245 e. The lowest BCUT2D eigenvalue weighted by Crippen LogP contribution is -2.52. The Labute approximate surface area is 113 Å². The molecule has 0 aromatic heterocycles. The molecule has 0 radical (unpaired) electrons. The third-order valence-electron chi connectivity index (χ3n) is 3.80. The highest BCUT2D eigenvalue weighted by molar-refractivity contribution is 5.87. The highest BCUT2D eigenvalue weighted by Crippen LogP contribution is 2.26. The van der Waals surface area contributed by atoms with Crippen LogP contribution in [0.15, 0.2) is 24.3 Å². The van der Waals surface area contributed by atoms with Gasteiger partial charge in [-0.2, -0.15) is 0 Å². The Morgan fingerprint density at radius 1 is 1.26 bits per heavy atom. The maximum atomic E-state index is 12.6. The number of morpholine rings is 1. The summed E-state index contributed by atoms with van der Waals surface area (Å²) in [5.41, 5.74) is 2.32. The van der Waals surface area contributed by atoms with Gasteiger partial charge in [-0.25, -0.2) is 0 Å². The molecule has 3 rings (SSSR count). The number of para-hydroxylation sites is 1. The van der Waals surface area contributed by atoms with E-state index in [9.17, 15) is 4.79 Å². The van der Waals surface area contributed by atoms with Gasteiger partial charge in [0.25, 0.3) is 0 Å². The van der Waals surface area contributed by atoms with E-state index in [4.69, 9.17) is 4.74 Å². The molecule has 1 amide bonds. The molecular weight excluding hydrogens is 240 g/mol. The number of nitrogens with one attached hydrogen (secondary N) is 1. The highest BCUT2D eigenvalue weighted by Gasteiger charge is 2.33. The van der Waals surface area contributed by atoms with E-state index in [1.807, 2.05) is 36.9 Å². The van der Waals surface area contributed by atoms with Crippen molar-refractivity contribution in [2.45, 2.75) is 38.5 Å². The summed E-state index contributed by atoms with van der Waals surface area (Å²) in [6.45, 7) is 5.43. The molecule has 1 fully saturated rings. The summed E-state index contributed by atoms with van der Waals surface area (Å²) >= 11 is 0. The minimum atomic E-state index is -0.116. The van der Waals surface area contributed by atoms with Gasteiger partial charge in [-0.05, 0) is 25.5 Å². The van der Waals surface area contributed by atoms with E-state index in [0.717, 1.165) is 12.1 Å². The monoisotopic (exact) mass is 260 g/mol. The van der Waals surface area contributed by atoms with Crippen LogP contribution in [0, 0.1) is 0 Å². The molecule has 0 spiro atoms. The van der Waals surface area contributed by atoms with Gasteiger partial charge in [0.05, 0.1) is 12.2 Å². The molecule has 0 saturated carbocycles. The van der Waals surface area contributed by atoms with Crippen LogP contribution in [0.4, 0.5) is 5.69 Å². The Morgan fingerprint density at radius 3 is 2.63 bits per heavy atom. The van der Waals surface area contributed by atoms with Crippen molar-refractivity contribution in [1.82, 2.24) is 4.90 Å². The van der Waals surface area contributed by atoms with Gasteiger partial charge in [-0.3, -0.25) is 4.79 Å². The quantitative estimate of drug-likeness (QED) is 0.835. The molecule has 0 unspecified atom stereocenters. The van der Waals surface area contributed by atoms with E-state index >= 15 is 0 Å². The summed E-state index contributed by atoms with van der Waals surface area (Å²) in [4.78, 5) is 14.5. The van der Waals surface area contributed by atoms with Crippen molar-refractivity contribution in [3.05, 3.63) is 29.8 Å². The molecule has 0 bridgehead atoms. The number of benzene rings is 1. The molecule has 2 aliphatic rings. The molecule has 1 saturated heterocycles. The first kappa shape index (κ1) is 12.5. The van der Waals surface area contributed by atoms with Gasteiger partial charge in [0.2, 0.25) is 5.91 Å². The van der Waals surface area contributed by atoms with Gasteiger partial charge in [0, 0.05) is 25.2 Å². The SMILES string of the molecule is C[C@@H]1CN(C(=O)[C@H]2Cc3ccccc3N2)C[C@H](C)O1. The summed E-state index contributed by atoms with van der Waals surface area (Å²) in [6.07, 6.45) is 1.03. The second kappa shape index (κ2) is 4.85. The Morgan fingerprint density at radius 2 is 1.95 bits per heavy atom. The second-order valence-electron chi connectivity index (χ2n) is 5.56. The standard InChI is InChI=1S/C15H20N2O2/c1-10-8-17(9-11(2)19-10)15(18)14-7-12-5-3-4-6-13(12)16-14/h3-6,10-11,14,16H,7-9H2,1-2H3/t10-,11+,14-/m1/s1. The van der Waals surface area contributed by atoms with Crippen LogP contribution in [-0.2, 0) is 16.0 Å². The van der Waals surface area contributed by atoms with E-state index < -0.39 is 0 Å². The molecule has 1 aromatic rings. The lowest BCUT2D eigenvalue weighted by atomic mass is 10.1. The van der Waals surface area contributed by atoms with Crippen LogP contribution in [0.5, 0.6) is 0 Å². The van der Waals surface area contributed by atoms with Crippen molar-refractivity contribution in [2.24, 2.45) is 0 Å². The average molecular weight is 260 g/mol. The van der Waals surface area contributed by atoms with Crippen molar-refractivity contribution in [3.8, 4) is 0 Å². The summed E-state index contributed by atoms with van der Waals surface area (Å²) in [7, 11) is 0.